The van der Waals surface area contributed by atoms with Crippen LogP contribution in [0.2, 0.25) is 0 Å². The predicted octanol–water partition coefficient (Wildman–Crippen LogP) is 2.22. The van der Waals surface area contributed by atoms with Gasteiger partial charge in [0.15, 0.2) is 0 Å². The van der Waals surface area contributed by atoms with Gasteiger partial charge in [-0.05, 0) is 12.3 Å². The van der Waals surface area contributed by atoms with Gasteiger partial charge in [-0.25, -0.2) is 4.79 Å². The molecule has 0 atom stereocenters. The molecule has 0 unspecified atom stereocenters. The normalized spacial score (nSPS) is 10.2. The molecular weight excluding hydrogens is 178 g/mol. The highest BCUT2D eigenvalue weighted by molar-refractivity contribution is 5.86. The Bertz CT molecular complexity index is 188. The minimum Gasteiger partial charge on any atom is -0.461 e. The van der Waals surface area contributed by atoms with Crippen molar-refractivity contribution in [2.45, 2.75) is 39.5 Å². The molecule has 0 aromatic heterocycles. The molecule has 0 saturated carbocycles. The summed E-state index contributed by atoms with van der Waals surface area (Å²) in [6.45, 7) is 8.16. The van der Waals surface area contributed by atoms with Gasteiger partial charge in [0, 0.05) is 0 Å². The Morgan fingerprint density at radius 3 is 2.50 bits per heavy atom. The third-order valence-electron chi connectivity index (χ3n) is 1.92. The second kappa shape index (κ2) is 7.42. The summed E-state index contributed by atoms with van der Waals surface area (Å²) in [6.07, 6.45) is 4.44. The van der Waals surface area contributed by atoms with E-state index in [0.29, 0.717) is 6.61 Å². The van der Waals surface area contributed by atoms with Gasteiger partial charge in [-0.2, -0.15) is 0 Å². The highest BCUT2D eigenvalue weighted by Gasteiger charge is 2.02. The molecule has 2 N–H and O–H groups in total. The number of esters is 1. The summed E-state index contributed by atoms with van der Waals surface area (Å²) in [4.78, 5) is 10.8. The second-order valence-corrected chi connectivity index (χ2v) is 3.90. The molecule has 0 aromatic rings. The standard InChI is InChI=1S/C11H21NO2/c1-9(2)7-5-4-6-8-14-11(13)10(3)12/h9H,3-8,12H2,1-2H3. The number of carbonyl (C=O) groups excluding carboxylic acids is 1. The molecule has 0 heterocycles. The summed E-state index contributed by atoms with van der Waals surface area (Å²) < 4.78 is 4.85. The fraction of sp³-hybridized carbons (Fsp3) is 0.727. The molecule has 0 spiro atoms. The van der Waals surface area contributed by atoms with Gasteiger partial charge in [-0.1, -0.05) is 39.7 Å². The van der Waals surface area contributed by atoms with Gasteiger partial charge in [0.2, 0.25) is 0 Å². The molecule has 0 fully saturated rings. The molecule has 0 saturated heterocycles. The highest BCUT2D eigenvalue weighted by Crippen LogP contribution is 2.07. The molecule has 0 aliphatic heterocycles. The maximum atomic E-state index is 10.8. The zero-order valence-corrected chi connectivity index (χ0v) is 9.21. The van der Waals surface area contributed by atoms with Crippen molar-refractivity contribution < 1.29 is 9.53 Å². The summed E-state index contributed by atoms with van der Waals surface area (Å²) in [5.74, 6) is 0.259. The quantitative estimate of drug-likeness (QED) is 0.388. The number of nitrogens with two attached hydrogens (primary N) is 1. The van der Waals surface area contributed by atoms with Crippen LogP contribution in [0.15, 0.2) is 12.3 Å². The Hall–Kier alpha value is -0.990. The lowest BCUT2D eigenvalue weighted by Crippen LogP contribution is -2.14. The summed E-state index contributed by atoms with van der Waals surface area (Å²) >= 11 is 0. The van der Waals surface area contributed by atoms with Gasteiger partial charge in [-0.3, -0.25) is 0 Å². The van der Waals surface area contributed by atoms with E-state index in [9.17, 15) is 4.79 Å². The van der Waals surface area contributed by atoms with Gasteiger partial charge in [0.1, 0.15) is 5.70 Å². The van der Waals surface area contributed by atoms with Crippen molar-refractivity contribution in [3.05, 3.63) is 12.3 Å². The summed E-state index contributed by atoms with van der Waals surface area (Å²) in [6, 6.07) is 0. The number of ether oxygens (including phenoxy) is 1. The van der Waals surface area contributed by atoms with E-state index >= 15 is 0 Å². The average molecular weight is 199 g/mol. The van der Waals surface area contributed by atoms with Gasteiger partial charge < -0.3 is 10.5 Å². The topological polar surface area (TPSA) is 52.3 Å². The first-order valence-electron chi connectivity index (χ1n) is 5.15. The first-order valence-corrected chi connectivity index (χ1v) is 5.15. The van der Waals surface area contributed by atoms with Crippen LogP contribution in [0.3, 0.4) is 0 Å². The molecule has 3 nitrogen and oxygen atoms in total. The van der Waals surface area contributed by atoms with Crippen molar-refractivity contribution >= 4 is 5.97 Å². The number of unbranched alkanes of at least 4 members (excludes halogenated alkanes) is 2. The fourth-order valence-corrected chi connectivity index (χ4v) is 1.09. The Balaban J connectivity index is 3.22. The molecule has 0 aliphatic rings. The van der Waals surface area contributed by atoms with E-state index in [-0.39, 0.29) is 5.70 Å². The molecule has 3 heteroatoms. The molecule has 0 radical (unpaired) electrons. The number of hydrogen-bond donors (Lipinski definition) is 1. The van der Waals surface area contributed by atoms with Gasteiger partial charge in [0.25, 0.3) is 0 Å². The van der Waals surface area contributed by atoms with Crippen LogP contribution in [0.4, 0.5) is 0 Å². The molecule has 82 valence electrons. The van der Waals surface area contributed by atoms with Gasteiger partial charge >= 0.3 is 5.97 Å². The van der Waals surface area contributed by atoms with E-state index < -0.39 is 5.97 Å². The van der Waals surface area contributed by atoms with Crippen LogP contribution in [0.1, 0.15) is 39.5 Å². The van der Waals surface area contributed by atoms with Crippen molar-refractivity contribution in [3.8, 4) is 0 Å². The predicted molar refractivity (Wildman–Crippen MR) is 57.6 cm³/mol. The lowest BCUT2D eigenvalue weighted by atomic mass is 10.1. The lowest BCUT2D eigenvalue weighted by Gasteiger charge is -2.05. The van der Waals surface area contributed by atoms with Crippen LogP contribution in [-0.2, 0) is 9.53 Å². The van der Waals surface area contributed by atoms with Crippen LogP contribution in [0.5, 0.6) is 0 Å². The Kier molecular flexibility index (Phi) is 6.89. The number of rotatable bonds is 7. The second-order valence-electron chi connectivity index (χ2n) is 3.90. The fourth-order valence-electron chi connectivity index (χ4n) is 1.09. The molecule has 0 aliphatic carbocycles. The first kappa shape index (κ1) is 13.0. The van der Waals surface area contributed by atoms with E-state index in [1.807, 2.05) is 0 Å². The molecule has 14 heavy (non-hydrogen) atoms. The maximum absolute atomic E-state index is 10.8. The van der Waals surface area contributed by atoms with Crippen molar-refractivity contribution in [2.75, 3.05) is 6.61 Å². The maximum Gasteiger partial charge on any atom is 0.353 e. The first-order chi connectivity index (χ1) is 6.54. The summed E-state index contributed by atoms with van der Waals surface area (Å²) in [7, 11) is 0. The lowest BCUT2D eigenvalue weighted by molar-refractivity contribution is -0.139. The Morgan fingerprint density at radius 2 is 2.00 bits per heavy atom. The minimum atomic E-state index is -0.492. The third kappa shape index (κ3) is 7.65. The van der Waals surface area contributed by atoms with Crippen molar-refractivity contribution in [2.24, 2.45) is 11.7 Å². The van der Waals surface area contributed by atoms with E-state index in [0.717, 1.165) is 18.8 Å². The van der Waals surface area contributed by atoms with Gasteiger partial charge in [0.05, 0.1) is 6.61 Å². The van der Waals surface area contributed by atoms with Crippen LogP contribution >= 0.6 is 0 Å². The SMILES string of the molecule is C=C(N)C(=O)OCCCCCC(C)C. The van der Waals surface area contributed by atoms with Crippen LogP contribution in [0, 0.1) is 5.92 Å². The Morgan fingerprint density at radius 1 is 1.36 bits per heavy atom. The monoisotopic (exact) mass is 199 g/mol. The van der Waals surface area contributed by atoms with Crippen LogP contribution in [-0.4, -0.2) is 12.6 Å². The molecular formula is C11H21NO2. The molecule has 0 aromatic carbocycles. The zero-order chi connectivity index (χ0) is 11.0. The third-order valence-corrected chi connectivity index (χ3v) is 1.92. The van der Waals surface area contributed by atoms with Gasteiger partial charge in [-0.15, -0.1) is 0 Å². The van der Waals surface area contributed by atoms with Crippen LogP contribution in [0.25, 0.3) is 0 Å². The average Bonchev–Trinajstić information content (AvgIpc) is 2.09. The van der Waals surface area contributed by atoms with E-state index in [4.69, 9.17) is 10.5 Å². The van der Waals surface area contributed by atoms with E-state index in [2.05, 4.69) is 20.4 Å². The Labute approximate surface area is 86.3 Å². The smallest absolute Gasteiger partial charge is 0.353 e. The van der Waals surface area contributed by atoms with Crippen molar-refractivity contribution in [3.63, 3.8) is 0 Å². The molecule has 0 rings (SSSR count). The van der Waals surface area contributed by atoms with Crippen molar-refractivity contribution in [1.82, 2.24) is 0 Å². The number of carbonyl (C=O) groups is 1. The van der Waals surface area contributed by atoms with E-state index in [1.165, 1.54) is 12.8 Å². The largest absolute Gasteiger partial charge is 0.461 e. The number of hydrogen-bond acceptors (Lipinski definition) is 3. The van der Waals surface area contributed by atoms with E-state index in [1.54, 1.807) is 0 Å². The van der Waals surface area contributed by atoms with Crippen LogP contribution < -0.4 is 5.73 Å². The zero-order valence-electron chi connectivity index (χ0n) is 9.21. The minimum absolute atomic E-state index is 0.0211. The molecule has 0 bridgehead atoms. The molecule has 0 amide bonds. The summed E-state index contributed by atoms with van der Waals surface area (Å²) in [5, 5.41) is 0. The summed E-state index contributed by atoms with van der Waals surface area (Å²) in [5.41, 5.74) is 5.13. The highest BCUT2D eigenvalue weighted by atomic mass is 16.5. The van der Waals surface area contributed by atoms with Crippen molar-refractivity contribution in [1.29, 1.82) is 0 Å².